The maximum absolute atomic E-state index is 12.1. The van der Waals surface area contributed by atoms with Crippen LogP contribution in [0.3, 0.4) is 0 Å². The summed E-state index contributed by atoms with van der Waals surface area (Å²) in [6.07, 6.45) is 0.506. The molecule has 1 aromatic carbocycles. The van der Waals surface area contributed by atoms with Crippen LogP contribution in [0.5, 0.6) is 0 Å². The minimum absolute atomic E-state index is 0.110. The van der Waals surface area contributed by atoms with Crippen LogP contribution in [0.4, 0.5) is 0 Å². The fraction of sp³-hybridized carbons (Fsp3) is 0.500. The van der Waals surface area contributed by atoms with Crippen LogP contribution in [0.25, 0.3) is 0 Å². The molecule has 19 heavy (non-hydrogen) atoms. The Morgan fingerprint density at radius 2 is 2.16 bits per heavy atom. The van der Waals surface area contributed by atoms with E-state index in [-0.39, 0.29) is 12.0 Å². The van der Waals surface area contributed by atoms with E-state index in [9.17, 15) is 9.90 Å². The van der Waals surface area contributed by atoms with Crippen molar-refractivity contribution in [2.24, 2.45) is 5.92 Å². The lowest BCUT2D eigenvalue weighted by Crippen LogP contribution is -2.46. The van der Waals surface area contributed by atoms with Crippen LogP contribution < -0.4 is 0 Å². The predicted octanol–water partition coefficient (Wildman–Crippen LogP) is 2.77. The van der Waals surface area contributed by atoms with E-state index in [0.717, 1.165) is 22.3 Å². The topological polar surface area (TPSA) is 40.5 Å². The number of carbonyl (C=O) groups is 1. The Labute approximate surface area is 126 Å². The largest absolute Gasteiger partial charge is 0.391 e. The molecule has 2 unspecified atom stereocenters. The number of carbonyl (C=O) groups excluding carboxylic acids is 1. The van der Waals surface area contributed by atoms with E-state index < -0.39 is 0 Å². The number of β-amino-alcohol motifs (C(OH)–C–C–N with tert-alkyl or cyclic N) is 1. The molecule has 1 amide bonds. The molecule has 1 aliphatic heterocycles. The molecule has 2 atom stereocenters. The average molecular weight is 344 g/mol. The average Bonchev–Trinajstić information content (AvgIpc) is 2.41. The van der Waals surface area contributed by atoms with E-state index >= 15 is 0 Å². The molecule has 1 fully saturated rings. The van der Waals surface area contributed by atoms with Gasteiger partial charge in [-0.15, -0.1) is 11.8 Å². The van der Waals surface area contributed by atoms with Gasteiger partial charge >= 0.3 is 0 Å². The van der Waals surface area contributed by atoms with Crippen molar-refractivity contribution < 1.29 is 9.90 Å². The van der Waals surface area contributed by atoms with Crippen LogP contribution in [-0.4, -0.2) is 40.9 Å². The van der Waals surface area contributed by atoms with Crippen molar-refractivity contribution in [3.05, 3.63) is 28.7 Å². The molecule has 0 aliphatic carbocycles. The van der Waals surface area contributed by atoms with Crippen molar-refractivity contribution in [3.8, 4) is 0 Å². The quantitative estimate of drug-likeness (QED) is 0.858. The summed E-state index contributed by atoms with van der Waals surface area (Å²) in [5, 5.41) is 9.81. The standard InChI is InChI=1S/C14H18BrNO2S/c1-10-6-7-16(8-13(10)17)14(18)9-19-12-4-2-11(15)3-5-12/h2-5,10,13,17H,6-9H2,1H3. The number of benzene rings is 1. The highest BCUT2D eigenvalue weighted by Crippen LogP contribution is 2.22. The molecule has 0 spiro atoms. The summed E-state index contributed by atoms with van der Waals surface area (Å²) < 4.78 is 1.04. The fourth-order valence-corrected chi connectivity index (χ4v) is 3.11. The molecule has 0 radical (unpaired) electrons. The van der Waals surface area contributed by atoms with E-state index in [4.69, 9.17) is 0 Å². The Morgan fingerprint density at radius 3 is 2.79 bits per heavy atom. The van der Waals surface area contributed by atoms with Crippen molar-refractivity contribution >= 4 is 33.6 Å². The number of rotatable bonds is 3. The molecule has 0 bridgehead atoms. The summed E-state index contributed by atoms with van der Waals surface area (Å²) in [6, 6.07) is 7.93. The number of nitrogens with zero attached hydrogens (tertiary/aromatic N) is 1. The van der Waals surface area contributed by atoms with E-state index in [1.165, 1.54) is 11.8 Å². The minimum atomic E-state index is -0.379. The molecule has 3 nitrogen and oxygen atoms in total. The second-order valence-electron chi connectivity index (χ2n) is 4.92. The third-order valence-electron chi connectivity index (χ3n) is 3.45. The highest BCUT2D eigenvalue weighted by Gasteiger charge is 2.26. The summed E-state index contributed by atoms with van der Waals surface area (Å²) in [7, 11) is 0. The molecule has 1 aromatic rings. The minimum Gasteiger partial charge on any atom is -0.391 e. The van der Waals surface area contributed by atoms with Crippen LogP contribution in [0, 0.1) is 5.92 Å². The van der Waals surface area contributed by atoms with Gasteiger partial charge in [-0.3, -0.25) is 4.79 Å². The zero-order valence-electron chi connectivity index (χ0n) is 10.9. The Kier molecular flexibility index (Phi) is 5.30. The van der Waals surface area contributed by atoms with Gasteiger partial charge in [-0.2, -0.15) is 0 Å². The first-order valence-electron chi connectivity index (χ1n) is 6.40. The van der Waals surface area contributed by atoms with Gasteiger partial charge in [-0.25, -0.2) is 0 Å². The molecular formula is C14H18BrNO2S. The van der Waals surface area contributed by atoms with Crippen molar-refractivity contribution in [2.75, 3.05) is 18.8 Å². The monoisotopic (exact) mass is 343 g/mol. The van der Waals surface area contributed by atoms with E-state index in [0.29, 0.717) is 18.2 Å². The van der Waals surface area contributed by atoms with Gasteiger partial charge in [-0.05, 0) is 36.6 Å². The van der Waals surface area contributed by atoms with Gasteiger partial charge in [0.25, 0.3) is 0 Å². The lowest BCUT2D eigenvalue weighted by molar-refractivity contribution is -0.132. The highest BCUT2D eigenvalue weighted by atomic mass is 79.9. The fourth-order valence-electron chi connectivity index (χ4n) is 2.04. The second kappa shape index (κ2) is 6.77. The summed E-state index contributed by atoms with van der Waals surface area (Å²) in [5.41, 5.74) is 0. The van der Waals surface area contributed by atoms with Gasteiger partial charge in [0.2, 0.25) is 5.91 Å². The summed E-state index contributed by atoms with van der Waals surface area (Å²) >= 11 is 4.93. The van der Waals surface area contributed by atoms with Crippen LogP contribution in [0.2, 0.25) is 0 Å². The number of likely N-dealkylation sites (tertiary alicyclic amines) is 1. The molecule has 1 aliphatic rings. The van der Waals surface area contributed by atoms with Gasteiger partial charge in [0.15, 0.2) is 0 Å². The number of aliphatic hydroxyl groups excluding tert-OH is 1. The van der Waals surface area contributed by atoms with Crippen molar-refractivity contribution in [3.63, 3.8) is 0 Å². The Morgan fingerprint density at radius 1 is 1.47 bits per heavy atom. The summed E-state index contributed by atoms with van der Waals surface area (Å²) in [5.74, 6) is 0.838. The molecule has 2 rings (SSSR count). The Bertz CT molecular complexity index is 438. The zero-order valence-corrected chi connectivity index (χ0v) is 13.3. The number of thioether (sulfide) groups is 1. The second-order valence-corrected chi connectivity index (χ2v) is 6.88. The zero-order chi connectivity index (χ0) is 13.8. The lowest BCUT2D eigenvalue weighted by Gasteiger charge is -2.34. The smallest absolute Gasteiger partial charge is 0.233 e. The van der Waals surface area contributed by atoms with Crippen LogP contribution in [0.1, 0.15) is 13.3 Å². The lowest BCUT2D eigenvalue weighted by atomic mass is 9.96. The molecule has 5 heteroatoms. The van der Waals surface area contributed by atoms with Gasteiger partial charge < -0.3 is 10.0 Å². The highest BCUT2D eigenvalue weighted by molar-refractivity contribution is 9.10. The van der Waals surface area contributed by atoms with Gasteiger partial charge in [-0.1, -0.05) is 22.9 Å². The van der Waals surface area contributed by atoms with E-state index in [1.54, 1.807) is 4.90 Å². The number of hydrogen-bond acceptors (Lipinski definition) is 3. The van der Waals surface area contributed by atoms with Crippen molar-refractivity contribution in [1.29, 1.82) is 0 Å². The molecular weight excluding hydrogens is 326 g/mol. The molecule has 104 valence electrons. The van der Waals surface area contributed by atoms with Crippen molar-refractivity contribution in [2.45, 2.75) is 24.3 Å². The van der Waals surface area contributed by atoms with Crippen molar-refractivity contribution in [1.82, 2.24) is 4.90 Å². The van der Waals surface area contributed by atoms with Gasteiger partial charge in [0, 0.05) is 22.5 Å². The maximum atomic E-state index is 12.1. The van der Waals surface area contributed by atoms with Crippen LogP contribution in [0.15, 0.2) is 33.6 Å². The molecule has 0 aromatic heterocycles. The van der Waals surface area contributed by atoms with E-state index in [2.05, 4.69) is 15.9 Å². The summed E-state index contributed by atoms with van der Waals surface area (Å²) in [6.45, 7) is 3.27. The van der Waals surface area contributed by atoms with E-state index in [1.807, 2.05) is 31.2 Å². The third-order valence-corrected chi connectivity index (χ3v) is 4.97. The number of amides is 1. The van der Waals surface area contributed by atoms with Crippen LogP contribution >= 0.6 is 27.7 Å². The number of hydrogen-bond donors (Lipinski definition) is 1. The molecule has 1 heterocycles. The first-order chi connectivity index (χ1) is 9.06. The van der Waals surface area contributed by atoms with Crippen LogP contribution in [-0.2, 0) is 4.79 Å². The first kappa shape index (κ1) is 14.9. The number of piperidine rings is 1. The third kappa shape index (κ3) is 4.23. The first-order valence-corrected chi connectivity index (χ1v) is 8.18. The molecule has 1 saturated heterocycles. The number of halogens is 1. The predicted molar refractivity (Wildman–Crippen MR) is 81.2 cm³/mol. The molecule has 1 N–H and O–H groups in total. The number of aliphatic hydroxyl groups is 1. The SMILES string of the molecule is CC1CCN(C(=O)CSc2ccc(Br)cc2)CC1O. The summed E-state index contributed by atoms with van der Waals surface area (Å²) in [4.78, 5) is 14.9. The van der Waals surface area contributed by atoms with Gasteiger partial charge in [0.05, 0.1) is 11.9 Å². The van der Waals surface area contributed by atoms with Gasteiger partial charge in [0.1, 0.15) is 0 Å². The Balaban J connectivity index is 1.83. The maximum Gasteiger partial charge on any atom is 0.233 e. The molecule has 0 saturated carbocycles. The Hall–Kier alpha value is -0.520. The normalized spacial score (nSPS) is 23.4.